The number of likely N-dealkylation sites (tertiary alicyclic amines) is 1. The van der Waals surface area contributed by atoms with Crippen molar-refractivity contribution >= 4 is 34.2 Å². The molecule has 1 amide bonds. The van der Waals surface area contributed by atoms with Crippen LogP contribution in [0.5, 0.6) is 0 Å². The maximum atomic E-state index is 13.0. The molecule has 1 aromatic carbocycles. The standard InChI is InChI=1S/C25H25ClN4O2/c1-3-23(32)29-11-16(12-29)8-19(31)13-30-15(2)24(20-9-18(26)6-7-22(20)30)21-10-27-14-28-25(21)17-4-5-17/h3,6-7,9-10,14,16-17H,1,4-5,8,11-13H2,2H3. The molecule has 1 saturated carbocycles. The van der Waals surface area contributed by atoms with Crippen LogP contribution in [0.4, 0.5) is 0 Å². The van der Waals surface area contributed by atoms with E-state index in [1.807, 2.05) is 31.3 Å². The topological polar surface area (TPSA) is 68.1 Å². The van der Waals surface area contributed by atoms with Crippen molar-refractivity contribution < 1.29 is 9.59 Å². The molecule has 0 unspecified atom stereocenters. The summed E-state index contributed by atoms with van der Waals surface area (Å²) in [6.45, 7) is 7.10. The number of carbonyl (C=O) groups is 2. The highest BCUT2D eigenvalue weighted by atomic mass is 35.5. The molecule has 0 atom stereocenters. The van der Waals surface area contributed by atoms with Crippen LogP contribution in [0.1, 0.15) is 36.6 Å². The molecule has 5 rings (SSSR count). The fourth-order valence-corrected chi connectivity index (χ4v) is 4.95. The molecule has 1 saturated heterocycles. The first-order chi connectivity index (χ1) is 15.5. The van der Waals surface area contributed by atoms with Gasteiger partial charge in [-0.1, -0.05) is 18.2 Å². The third-order valence-electron chi connectivity index (χ3n) is 6.56. The van der Waals surface area contributed by atoms with Crippen LogP contribution in [0.2, 0.25) is 5.02 Å². The first-order valence-corrected chi connectivity index (χ1v) is 11.4. The van der Waals surface area contributed by atoms with E-state index < -0.39 is 0 Å². The Morgan fingerprint density at radius 2 is 2.06 bits per heavy atom. The van der Waals surface area contributed by atoms with Gasteiger partial charge < -0.3 is 9.47 Å². The molecule has 0 spiro atoms. The molecule has 2 fully saturated rings. The van der Waals surface area contributed by atoms with Gasteiger partial charge in [0.2, 0.25) is 5.91 Å². The number of benzene rings is 1. The van der Waals surface area contributed by atoms with E-state index in [0.29, 0.717) is 37.0 Å². The van der Waals surface area contributed by atoms with E-state index in [0.717, 1.165) is 46.3 Å². The SMILES string of the molecule is C=CC(=O)N1CC(CC(=O)Cn2c(C)c(-c3cncnc3C3CC3)c3cc(Cl)ccc32)C1. The van der Waals surface area contributed by atoms with E-state index in [1.165, 1.54) is 6.08 Å². The Labute approximate surface area is 191 Å². The average Bonchev–Trinajstić information content (AvgIpc) is 3.56. The van der Waals surface area contributed by atoms with Gasteiger partial charge in [0.1, 0.15) is 6.33 Å². The zero-order chi connectivity index (χ0) is 22.4. The normalized spacial score (nSPS) is 16.2. The lowest BCUT2D eigenvalue weighted by molar-refractivity contribution is -0.134. The van der Waals surface area contributed by atoms with Crippen LogP contribution >= 0.6 is 11.6 Å². The highest BCUT2D eigenvalue weighted by Crippen LogP contribution is 2.45. The minimum Gasteiger partial charge on any atom is -0.338 e. The maximum absolute atomic E-state index is 13.0. The van der Waals surface area contributed by atoms with Crippen LogP contribution in [0.3, 0.4) is 0 Å². The van der Waals surface area contributed by atoms with Crippen LogP contribution in [0.15, 0.2) is 43.4 Å². The minimum absolute atomic E-state index is 0.0704. The predicted octanol–water partition coefficient (Wildman–Crippen LogP) is 4.54. The molecule has 3 heterocycles. The Morgan fingerprint density at radius 3 is 2.78 bits per heavy atom. The number of nitrogens with zero attached hydrogens (tertiary/aromatic N) is 4. The number of hydrogen-bond acceptors (Lipinski definition) is 4. The summed E-state index contributed by atoms with van der Waals surface area (Å²) in [5.41, 5.74) is 5.17. The molecule has 0 radical (unpaired) electrons. The lowest BCUT2D eigenvalue weighted by atomic mass is 9.94. The molecule has 1 aliphatic carbocycles. The van der Waals surface area contributed by atoms with Crippen molar-refractivity contribution in [3.05, 3.63) is 59.8 Å². The van der Waals surface area contributed by atoms with Crippen molar-refractivity contribution in [2.45, 2.75) is 38.6 Å². The summed E-state index contributed by atoms with van der Waals surface area (Å²) < 4.78 is 2.08. The molecule has 164 valence electrons. The van der Waals surface area contributed by atoms with E-state index >= 15 is 0 Å². The number of aromatic nitrogens is 3. The maximum Gasteiger partial charge on any atom is 0.245 e. The van der Waals surface area contributed by atoms with E-state index in [4.69, 9.17) is 11.6 Å². The number of hydrogen-bond donors (Lipinski definition) is 0. The zero-order valence-corrected chi connectivity index (χ0v) is 18.8. The van der Waals surface area contributed by atoms with Crippen molar-refractivity contribution in [1.82, 2.24) is 19.4 Å². The molecule has 7 heteroatoms. The predicted molar refractivity (Wildman–Crippen MR) is 125 cm³/mol. The first kappa shape index (κ1) is 20.9. The Bertz CT molecular complexity index is 1240. The molecule has 1 aliphatic heterocycles. The first-order valence-electron chi connectivity index (χ1n) is 11.0. The van der Waals surface area contributed by atoms with E-state index in [9.17, 15) is 9.59 Å². The van der Waals surface area contributed by atoms with Gasteiger partial charge >= 0.3 is 0 Å². The summed E-state index contributed by atoms with van der Waals surface area (Å²) in [7, 11) is 0. The number of carbonyl (C=O) groups excluding carboxylic acids is 2. The Balaban J connectivity index is 1.46. The number of Topliss-reactive ketones (excluding diaryl/α,β-unsaturated/α-hetero) is 1. The van der Waals surface area contributed by atoms with Crippen LogP contribution in [0, 0.1) is 12.8 Å². The highest BCUT2D eigenvalue weighted by Gasteiger charge is 2.32. The summed E-state index contributed by atoms with van der Waals surface area (Å²) in [5.74, 6) is 0.783. The third-order valence-corrected chi connectivity index (χ3v) is 6.79. The van der Waals surface area contributed by atoms with Crippen LogP contribution in [-0.4, -0.2) is 44.2 Å². The molecule has 0 bridgehead atoms. The van der Waals surface area contributed by atoms with Crippen LogP contribution in [-0.2, 0) is 16.1 Å². The second kappa shape index (κ2) is 8.17. The van der Waals surface area contributed by atoms with Crippen molar-refractivity contribution in [2.24, 2.45) is 5.92 Å². The van der Waals surface area contributed by atoms with Gasteiger partial charge in [0.05, 0.1) is 12.2 Å². The third kappa shape index (κ3) is 3.73. The Morgan fingerprint density at radius 1 is 1.28 bits per heavy atom. The lowest BCUT2D eigenvalue weighted by Crippen LogP contribution is -2.50. The number of rotatable bonds is 7. The fourth-order valence-electron chi connectivity index (χ4n) is 4.78. The van der Waals surface area contributed by atoms with Crippen LogP contribution < -0.4 is 0 Å². The quantitative estimate of drug-likeness (QED) is 0.497. The smallest absolute Gasteiger partial charge is 0.245 e. The fraction of sp³-hybridized carbons (Fsp3) is 0.360. The number of fused-ring (bicyclic) bond motifs is 1. The molecule has 2 aliphatic rings. The van der Waals surface area contributed by atoms with E-state index in [1.54, 1.807) is 11.2 Å². The molecular weight excluding hydrogens is 424 g/mol. The summed E-state index contributed by atoms with van der Waals surface area (Å²) in [4.78, 5) is 35.2. The summed E-state index contributed by atoms with van der Waals surface area (Å²) in [5, 5.41) is 1.68. The molecule has 3 aromatic rings. The minimum atomic E-state index is -0.0704. The van der Waals surface area contributed by atoms with E-state index in [2.05, 4.69) is 21.1 Å². The largest absolute Gasteiger partial charge is 0.338 e. The van der Waals surface area contributed by atoms with Crippen molar-refractivity contribution in [2.75, 3.05) is 13.1 Å². The molecule has 32 heavy (non-hydrogen) atoms. The van der Waals surface area contributed by atoms with Gasteiger partial charge in [-0.3, -0.25) is 9.59 Å². The van der Waals surface area contributed by atoms with Crippen molar-refractivity contribution in [1.29, 1.82) is 0 Å². The second-order valence-electron chi connectivity index (χ2n) is 8.86. The zero-order valence-electron chi connectivity index (χ0n) is 18.1. The molecule has 2 aromatic heterocycles. The second-order valence-corrected chi connectivity index (χ2v) is 9.30. The number of ketones is 1. The van der Waals surface area contributed by atoms with Crippen LogP contribution in [0.25, 0.3) is 22.0 Å². The Hall–Kier alpha value is -2.99. The number of amides is 1. The van der Waals surface area contributed by atoms with Gasteiger partial charge in [-0.15, -0.1) is 0 Å². The lowest BCUT2D eigenvalue weighted by Gasteiger charge is -2.38. The average molecular weight is 449 g/mol. The van der Waals surface area contributed by atoms with Gasteiger partial charge in [0, 0.05) is 70.3 Å². The van der Waals surface area contributed by atoms with Gasteiger partial charge in [-0.2, -0.15) is 0 Å². The summed E-state index contributed by atoms with van der Waals surface area (Å²) >= 11 is 6.36. The van der Waals surface area contributed by atoms with Gasteiger partial charge in [0.25, 0.3) is 0 Å². The molecular formula is C25H25ClN4O2. The van der Waals surface area contributed by atoms with Gasteiger partial charge in [-0.05, 0) is 44.0 Å². The summed E-state index contributed by atoms with van der Waals surface area (Å²) in [6.07, 6.45) is 7.58. The highest BCUT2D eigenvalue weighted by molar-refractivity contribution is 6.31. The monoisotopic (exact) mass is 448 g/mol. The van der Waals surface area contributed by atoms with Crippen molar-refractivity contribution in [3.8, 4) is 11.1 Å². The number of halogens is 1. The Kier molecular flexibility index (Phi) is 5.33. The van der Waals surface area contributed by atoms with Gasteiger partial charge in [-0.25, -0.2) is 9.97 Å². The van der Waals surface area contributed by atoms with Crippen molar-refractivity contribution in [3.63, 3.8) is 0 Å². The molecule has 6 nitrogen and oxygen atoms in total. The van der Waals surface area contributed by atoms with E-state index in [-0.39, 0.29) is 17.6 Å². The summed E-state index contributed by atoms with van der Waals surface area (Å²) in [6, 6.07) is 5.81. The molecule has 0 N–H and O–H groups in total. The van der Waals surface area contributed by atoms with Gasteiger partial charge in [0.15, 0.2) is 5.78 Å².